The topological polar surface area (TPSA) is 35.2 Å². The van der Waals surface area contributed by atoms with Gasteiger partial charge in [0.25, 0.3) is 0 Å². The highest BCUT2D eigenvalue weighted by Crippen LogP contribution is 2.30. The van der Waals surface area contributed by atoms with E-state index in [4.69, 9.17) is 10.5 Å². The zero-order valence-electron chi connectivity index (χ0n) is 11.5. The van der Waals surface area contributed by atoms with E-state index >= 15 is 0 Å². The molecule has 0 bridgehead atoms. The Kier molecular flexibility index (Phi) is 4.35. The summed E-state index contributed by atoms with van der Waals surface area (Å²) < 4.78 is 33.1. The van der Waals surface area contributed by atoms with Crippen LogP contribution in [0, 0.1) is 18.6 Å². The molecule has 0 spiro atoms. The predicted molar refractivity (Wildman–Crippen MR) is 74.7 cm³/mol. The fourth-order valence-corrected chi connectivity index (χ4v) is 2.09. The van der Waals surface area contributed by atoms with Crippen molar-refractivity contribution in [3.63, 3.8) is 0 Å². The van der Waals surface area contributed by atoms with Gasteiger partial charge in [0.05, 0.1) is 12.6 Å². The molecule has 0 saturated heterocycles. The molecule has 2 rings (SSSR count). The Hall–Kier alpha value is -1.94. The number of halogens is 2. The minimum Gasteiger partial charge on any atom is -0.494 e. The summed E-state index contributed by atoms with van der Waals surface area (Å²) in [4.78, 5) is 0. The van der Waals surface area contributed by atoms with Crippen LogP contribution in [0.5, 0.6) is 5.75 Å². The molecule has 1 atom stereocenters. The summed E-state index contributed by atoms with van der Waals surface area (Å²) in [7, 11) is 0. The monoisotopic (exact) mass is 277 g/mol. The first-order valence-corrected chi connectivity index (χ1v) is 6.47. The summed E-state index contributed by atoms with van der Waals surface area (Å²) >= 11 is 0. The van der Waals surface area contributed by atoms with Crippen LogP contribution in [0.1, 0.15) is 29.7 Å². The molecule has 0 aliphatic carbocycles. The van der Waals surface area contributed by atoms with Gasteiger partial charge in [0.15, 0.2) is 0 Å². The van der Waals surface area contributed by atoms with E-state index in [1.807, 2.05) is 13.0 Å². The number of rotatable bonds is 4. The maximum Gasteiger partial charge on any atom is 0.128 e. The molecule has 0 saturated carbocycles. The van der Waals surface area contributed by atoms with E-state index in [9.17, 15) is 8.78 Å². The molecule has 106 valence electrons. The van der Waals surface area contributed by atoms with Crippen molar-refractivity contribution in [1.82, 2.24) is 0 Å². The minimum absolute atomic E-state index is 0.125. The molecule has 1 unspecified atom stereocenters. The number of benzene rings is 2. The van der Waals surface area contributed by atoms with Gasteiger partial charge >= 0.3 is 0 Å². The van der Waals surface area contributed by atoms with Gasteiger partial charge < -0.3 is 10.5 Å². The molecule has 0 aliphatic heterocycles. The van der Waals surface area contributed by atoms with Crippen molar-refractivity contribution in [3.8, 4) is 5.75 Å². The zero-order valence-corrected chi connectivity index (χ0v) is 11.5. The molecule has 20 heavy (non-hydrogen) atoms. The van der Waals surface area contributed by atoms with Crippen LogP contribution >= 0.6 is 0 Å². The van der Waals surface area contributed by atoms with Crippen LogP contribution in [-0.4, -0.2) is 6.61 Å². The summed E-state index contributed by atoms with van der Waals surface area (Å²) in [5, 5.41) is 0. The van der Waals surface area contributed by atoms with Crippen molar-refractivity contribution in [2.75, 3.05) is 6.61 Å². The van der Waals surface area contributed by atoms with Gasteiger partial charge in [0.2, 0.25) is 0 Å². The zero-order chi connectivity index (χ0) is 14.7. The van der Waals surface area contributed by atoms with Gasteiger partial charge in [0.1, 0.15) is 17.4 Å². The number of ether oxygens (including phenoxy) is 1. The first-order chi connectivity index (χ1) is 9.54. The second-order valence-corrected chi connectivity index (χ2v) is 4.57. The maximum absolute atomic E-state index is 14.0. The van der Waals surface area contributed by atoms with Crippen molar-refractivity contribution in [1.29, 1.82) is 0 Å². The summed E-state index contributed by atoms with van der Waals surface area (Å²) in [6.07, 6.45) is 0. The lowest BCUT2D eigenvalue weighted by Gasteiger charge is -2.18. The van der Waals surface area contributed by atoms with Crippen LogP contribution in [-0.2, 0) is 0 Å². The van der Waals surface area contributed by atoms with E-state index in [1.165, 1.54) is 6.92 Å². The van der Waals surface area contributed by atoms with Crippen molar-refractivity contribution in [2.45, 2.75) is 19.9 Å². The van der Waals surface area contributed by atoms with Crippen LogP contribution in [0.2, 0.25) is 0 Å². The summed E-state index contributed by atoms with van der Waals surface area (Å²) in [5.74, 6) is -0.392. The number of hydrogen-bond donors (Lipinski definition) is 1. The highest BCUT2D eigenvalue weighted by Gasteiger charge is 2.19. The third-order valence-electron chi connectivity index (χ3n) is 3.17. The largest absolute Gasteiger partial charge is 0.494 e. The Morgan fingerprint density at radius 3 is 2.50 bits per heavy atom. The minimum atomic E-state index is -0.771. The summed E-state index contributed by atoms with van der Waals surface area (Å²) in [6, 6.07) is 8.67. The number of hydrogen-bond acceptors (Lipinski definition) is 2. The first-order valence-electron chi connectivity index (χ1n) is 6.47. The second kappa shape index (κ2) is 6.01. The SMILES string of the molecule is CCOc1ccccc1C(N)c1cc(F)c(C)cc1F. The fourth-order valence-electron chi connectivity index (χ4n) is 2.09. The highest BCUT2D eigenvalue weighted by molar-refractivity contribution is 5.42. The lowest BCUT2D eigenvalue weighted by atomic mass is 9.97. The molecular weight excluding hydrogens is 260 g/mol. The quantitative estimate of drug-likeness (QED) is 0.924. The van der Waals surface area contributed by atoms with Gasteiger partial charge in [0, 0.05) is 11.1 Å². The molecule has 0 aliphatic rings. The van der Waals surface area contributed by atoms with Gasteiger partial charge in [-0.05, 0) is 37.6 Å². The van der Waals surface area contributed by atoms with E-state index in [-0.39, 0.29) is 11.1 Å². The molecule has 2 aromatic carbocycles. The third kappa shape index (κ3) is 2.80. The van der Waals surface area contributed by atoms with E-state index in [2.05, 4.69) is 0 Å². The van der Waals surface area contributed by atoms with Crippen LogP contribution in [0.15, 0.2) is 36.4 Å². The van der Waals surface area contributed by atoms with Crippen molar-refractivity contribution in [3.05, 3.63) is 64.7 Å². The molecule has 4 heteroatoms. The first kappa shape index (κ1) is 14.5. The van der Waals surface area contributed by atoms with Crippen molar-refractivity contribution < 1.29 is 13.5 Å². The van der Waals surface area contributed by atoms with Crippen LogP contribution in [0.25, 0.3) is 0 Å². The number of nitrogens with two attached hydrogens (primary N) is 1. The average molecular weight is 277 g/mol. The van der Waals surface area contributed by atoms with E-state index < -0.39 is 17.7 Å². The molecule has 2 N–H and O–H groups in total. The van der Waals surface area contributed by atoms with Crippen molar-refractivity contribution in [2.24, 2.45) is 5.73 Å². The smallest absolute Gasteiger partial charge is 0.128 e. The molecule has 0 aromatic heterocycles. The molecular formula is C16H17F2NO. The Morgan fingerprint density at radius 1 is 1.10 bits per heavy atom. The second-order valence-electron chi connectivity index (χ2n) is 4.57. The molecule has 0 fully saturated rings. The van der Waals surface area contributed by atoms with E-state index in [0.29, 0.717) is 17.9 Å². The van der Waals surface area contributed by atoms with E-state index in [0.717, 1.165) is 12.1 Å². The average Bonchev–Trinajstić information content (AvgIpc) is 2.43. The van der Waals surface area contributed by atoms with Crippen molar-refractivity contribution >= 4 is 0 Å². The molecule has 2 aromatic rings. The summed E-state index contributed by atoms with van der Waals surface area (Å²) in [6.45, 7) is 3.85. The molecule has 0 amide bonds. The molecule has 0 heterocycles. The number of para-hydroxylation sites is 1. The maximum atomic E-state index is 14.0. The van der Waals surface area contributed by atoms with Gasteiger partial charge in [-0.25, -0.2) is 8.78 Å². The van der Waals surface area contributed by atoms with Gasteiger partial charge in [-0.1, -0.05) is 18.2 Å². The van der Waals surface area contributed by atoms with Gasteiger partial charge in [-0.2, -0.15) is 0 Å². The third-order valence-corrected chi connectivity index (χ3v) is 3.17. The lowest BCUT2D eigenvalue weighted by molar-refractivity contribution is 0.335. The Balaban J connectivity index is 2.46. The van der Waals surface area contributed by atoms with Crippen LogP contribution < -0.4 is 10.5 Å². The normalized spacial score (nSPS) is 12.2. The predicted octanol–water partition coefficient (Wildman–Crippen LogP) is 3.72. The Morgan fingerprint density at radius 2 is 1.80 bits per heavy atom. The van der Waals surface area contributed by atoms with Gasteiger partial charge in [-0.15, -0.1) is 0 Å². The lowest BCUT2D eigenvalue weighted by Crippen LogP contribution is -2.15. The molecule has 2 nitrogen and oxygen atoms in total. The standard InChI is InChI=1S/C16H17F2NO/c1-3-20-15-7-5-4-6-11(15)16(19)12-9-13(17)10(2)8-14(12)18/h4-9,16H,3,19H2,1-2H3. The Bertz CT molecular complexity index is 613. The van der Waals surface area contributed by atoms with Gasteiger partial charge in [-0.3, -0.25) is 0 Å². The van der Waals surface area contributed by atoms with Crippen LogP contribution in [0.4, 0.5) is 8.78 Å². The van der Waals surface area contributed by atoms with Crippen LogP contribution in [0.3, 0.4) is 0 Å². The van der Waals surface area contributed by atoms with E-state index in [1.54, 1.807) is 18.2 Å². The molecule has 0 radical (unpaired) electrons. The Labute approximate surface area is 117 Å². The number of aryl methyl sites for hydroxylation is 1. The fraction of sp³-hybridized carbons (Fsp3) is 0.250. The summed E-state index contributed by atoms with van der Waals surface area (Å²) in [5.41, 5.74) is 7.10. The highest BCUT2D eigenvalue weighted by atomic mass is 19.1.